The van der Waals surface area contributed by atoms with Crippen LogP contribution in [0.5, 0.6) is 40.2 Å². The van der Waals surface area contributed by atoms with Gasteiger partial charge in [0.05, 0.1) is 38.3 Å². The lowest BCUT2D eigenvalue weighted by atomic mass is 10.2. The van der Waals surface area contributed by atoms with E-state index >= 15 is 0 Å². The van der Waals surface area contributed by atoms with Crippen molar-refractivity contribution in [3.8, 4) is 40.2 Å². The molecule has 12 nitrogen and oxygen atoms in total. The van der Waals surface area contributed by atoms with E-state index in [2.05, 4.69) is 4.74 Å². The average Bonchev–Trinajstić information content (AvgIpc) is 2.98. The number of methoxy groups -OCH3 is 4. The van der Waals surface area contributed by atoms with E-state index in [-0.39, 0.29) is 22.9 Å². The lowest BCUT2D eigenvalue weighted by Crippen LogP contribution is -1.94. The number of ether oxygens (including phenoxy) is 5. The summed E-state index contributed by atoms with van der Waals surface area (Å²) in [7, 11) is 5.99. The van der Waals surface area contributed by atoms with Crippen LogP contribution in [0.4, 0.5) is 15.8 Å². The maximum atomic E-state index is 12.8. The normalized spacial score (nSPS) is 9.59. The van der Waals surface area contributed by atoms with Crippen LogP contribution in [0.25, 0.3) is 0 Å². The molecule has 0 amide bonds. The molecule has 0 aliphatic rings. The highest BCUT2D eigenvalue weighted by Crippen LogP contribution is 2.35. The minimum absolute atomic E-state index is 0.124. The van der Waals surface area contributed by atoms with Crippen molar-refractivity contribution in [1.82, 2.24) is 0 Å². The van der Waals surface area contributed by atoms with Crippen LogP contribution in [0.3, 0.4) is 0 Å². The smallest absolute Gasteiger partial charge is 0.311 e. The summed E-state index contributed by atoms with van der Waals surface area (Å²) in [4.78, 5) is 19.8. The van der Waals surface area contributed by atoms with Crippen LogP contribution in [-0.2, 0) is 0 Å². The molecule has 4 aromatic carbocycles. The Morgan fingerprint density at radius 1 is 0.585 bits per heavy atom. The van der Waals surface area contributed by atoms with E-state index in [1.54, 1.807) is 62.8 Å². The molecule has 41 heavy (non-hydrogen) atoms. The van der Waals surface area contributed by atoms with Crippen LogP contribution in [0.2, 0.25) is 0 Å². The van der Waals surface area contributed by atoms with Crippen molar-refractivity contribution in [1.29, 1.82) is 0 Å². The molecule has 0 fully saturated rings. The zero-order chi connectivity index (χ0) is 30.4. The molecule has 0 saturated heterocycles. The summed E-state index contributed by atoms with van der Waals surface area (Å²) in [6.07, 6.45) is 0. The van der Waals surface area contributed by atoms with Gasteiger partial charge >= 0.3 is 11.4 Å². The van der Waals surface area contributed by atoms with Gasteiger partial charge in [0.2, 0.25) is 11.6 Å². The number of aromatic hydroxyl groups is 1. The van der Waals surface area contributed by atoms with E-state index in [0.717, 1.165) is 17.9 Å². The fourth-order valence-electron chi connectivity index (χ4n) is 2.97. The van der Waals surface area contributed by atoms with E-state index < -0.39 is 21.4 Å². The van der Waals surface area contributed by atoms with Crippen LogP contribution in [0.1, 0.15) is 0 Å². The molecular weight excluding hydrogens is 543 g/mol. The van der Waals surface area contributed by atoms with E-state index in [9.17, 15) is 24.6 Å². The molecule has 0 unspecified atom stereocenters. The molecular formula is C28H27FN2O10. The summed E-state index contributed by atoms with van der Waals surface area (Å²) in [6.45, 7) is 0. The Balaban J connectivity index is 0.000000237. The number of phenolic OH excluding ortho intramolecular Hbond substituents is 1. The maximum absolute atomic E-state index is 12.8. The zero-order valence-electron chi connectivity index (χ0n) is 22.5. The Kier molecular flexibility index (Phi) is 12.1. The third-order valence-corrected chi connectivity index (χ3v) is 5.07. The number of nitrogens with zero attached hydrogens (tertiary/aromatic N) is 2. The van der Waals surface area contributed by atoms with Gasteiger partial charge in [0.1, 0.15) is 34.5 Å². The molecule has 0 saturated carbocycles. The molecule has 0 bridgehead atoms. The lowest BCUT2D eigenvalue weighted by molar-refractivity contribution is -0.387. The predicted molar refractivity (Wildman–Crippen MR) is 147 cm³/mol. The van der Waals surface area contributed by atoms with Crippen molar-refractivity contribution in [2.24, 2.45) is 0 Å². The van der Waals surface area contributed by atoms with E-state index in [4.69, 9.17) is 24.1 Å². The summed E-state index contributed by atoms with van der Waals surface area (Å²) in [5.41, 5.74) is -0.669. The Hall–Kier alpha value is -5.59. The predicted octanol–water partition coefficient (Wildman–Crippen LogP) is 6.55. The monoisotopic (exact) mass is 570 g/mol. The first-order valence-electron chi connectivity index (χ1n) is 11.6. The number of halogens is 1. The molecule has 0 aromatic heterocycles. The van der Waals surface area contributed by atoms with E-state index in [0.29, 0.717) is 17.2 Å². The number of hydrogen-bond acceptors (Lipinski definition) is 10. The van der Waals surface area contributed by atoms with E-state index in [1.165, 1.54) is 38.5 Å². The lowest BCUT2D eigenvalue weighted by Gasteiger charge is -2.08. The number of hydrogen-bond donors (Lipinski definition) is 1. The molecule has 4 rings (SSSR count). The topological polar surface area (TPSA) is 153 Å². The number of phenols is 1. The quantitative estimate of drug-likeness (QED) is 0.182. The fraction of sp³-hybridized carbons (Fsp3) is 0.143. The standard InChI is InChI=1S/C14H13NO5.C7H6FNO3.C7H8O2/c1-18-10-3-5-11(6-4-10)20-14-9-12(19-2)7-8-13(14)15(16)17;1-12-5-2-3-7(9(10)11)6(8)4-5;1-9-7-4-2-6(8)3-5-7/h3-9H,1-2H3;2-4H,1H3;2-5,8H,1H3. The van der Waals surface area contributed by atoms with Crippen LogP contribution >= 0.6 is 0 Å². The van der Waals surface area contributed by atoms with Gasteiger partial charge in [-0.3, -0.25) is 20.2 Å². The second-order valence-corrected chi connectivity index (χ2v) is 7.64. The number of nitro groups is 2. The fourth-order valence-corrected chi connectivity index (χ4v) is 2.97. The summed E-state index contributed by atoms with van der Waals surface area (Å²) in [5.74, 6) is 2.15. The summed E-state index contributed by atoms with van der Waals surface area (Å²) < 4.78 is 37.9. The Bertz CT molecular complexity index is 1430. The third kappa shape index (κ3) is 9.90. The highest BCUT2D eigenvalue weighted by molar-refractivity contribution is 5.52. The first-order chi connectivity index (χ1) is 19.6. The van der Waals surface area contributed by atoms with Crippen LogP contribution < -0.4 is 23.7 Å². The van der Waals surface area contributed by atoms with Crippen molar-refractivity contribution in [3.63, 3.8) is 0 Å². The molecule has 0 radical (unpaired) electrons. The van der Waals surface area contributed by atoms with Gasteiger partial charge in [-0.2, -0.15) is 4.39 Å². The summed E-state index contributed by atoms with van der Waals surface area (Å²) >= 11 is 0. The minimum atomic E-state index is -0.889. The minimum Gasteiger partial charge on any atom is -0.508 e. The first kappa shape index (κ1) is 31.6. The van der Waals surface area contributed by atoms with Gasteiger partial charge in [0.15, 0.2) is 0 Å². The van der Waals surface area contributed by atoms with Gasteiger partial charge in [-0.1, -0.05) is 0 Å². The Labute approximate surface area is 234 Å². The van der Waals surface area contributed by atoms with Crippen molar-refractivity contribution in [3.05, 3.63) is 111 Å². The molecule has 0 heterocycles. The van der Waals surface area contributed by atoms with Crippen molar-refractivity contribution >= 4 is 11.4 Å². The molecule has 0 aliphatic heterocycles. The zero-order valence-corrected chi connectivity index (χ0v) is 22.5. The molecule has 4 aromatic rings. The summed E-state index contributed by atoms with van der Waals surface area (Å²) in [6, 6.07) is 21.0. The van der Waals surface area contributed by atoms with Crippen LogP contribution in [0, 0.1) is 26.0 Å². The van der Waals surface area contributed by atoms with Crippen LogP contribution in [-0.4, -0.2) is 43.4 Å². The summed E-state index contributed by atoms with van der Waals surface area (Å²) in [5, 5.41) is 29.9. The second-order valence-electron chi connectivity index (χ2n) is 7.64. The van der Waals surface area contributed by atoms with Gasteiger partial charge in [-0.15, -0.1) is 0 Å². The highest BCUT2D eigenvalue weighted by atomic mass is 19.1. The molecule has 13 heteroatoms. The molecule has 216 valence electrons. The van der Waals surface area contributed by atoms with Gasteiger partial charge in [0.25, 0.3) is 0 Å². The third-order valence-electron chi connectivity index (χ3n) is 5.07. The van der Waals surface area contributed by atoms with Gasteiger partial charge in [-0.25, -0.2) is 0 Å². The number of rotatable bonds is 8. The van der Waals surface area contributed by atoms with Crippen molar-refractivity contribution in [2.75, 3.05) is 28.4 Å². The first-order valence-corrected chi connectivity index (χ1v) is 11.6. The molecule has 0 atom stereocenters. The SMILES string of the molecule is COc1ccc(O)cc1.COc1ccc(Oc2cc(OC)ccc2[N+](=O)[O-])cc1.COc1ccc([N+](=O)[O-])c(F)c1. The Morgan fingerprint density at radius 3 is 1.41 bits per heavy atom. The van der Waals surface area contributed by atoms with Gasteiger partial charge < -0.3 is 28.8 Å². The largest absolute Gasteiger partial charge is 0.508 e. The van der Waals surface area contributed by atoms with E-state index in [1.807, 2.05) is 0 Å². The number of benzene rings is 4. The molecule has 0 spiro atoms. The molecule has 1 N–H and O–H groups in total. The molecule has 0 aliphatic carbocycles. The van der Waals surface area contributed by atoms with Gasteiger partial charge in [-0.05, 0) is 60.7 Å². The maximum Gasteiger partial charge on any atom is 0.311 e. The Morgan fingerprint density at radius 2 is 0.976 bits per heavy atom. The second kappa shape index (κ2) is 15.7. The van der Waals surface area contributed by atoms with Gasteiger partial charge in [0, 0.05) is 24.3 Å². The number of nitro benzene ring substituents is 2. The highest BCUT2D eigenvalue weighted by Gasteiger charge is 2.17. The average molecular weight is 571 g/mol. The van der Waals surface area contributed by atoms with Crippen molar-refractivity contribution < 1.29 is 43.0 Å². The van der Waals surface area contributed by atoms with Crippen molar-refractivity contribution in [2.45, 2.75) is 0 Å². The van der Waals surface area contributed by atoms with Crippen LogP contribution in [0.15, 0.2) is 84.9 Å².